The minimum absolute atomic E-state index is 0.843. The van der Waals surface area contributed by atoms with E-state index in [4.69, 9.17) is 0 Å². The third-order valence-electron chi connectivity index (χ3n) is 3.89. The topological polar surface area (TPSA) is 15.3 Å². The van der Waals surface area contributed by atoms with Crippen LogP contribution in [0.2, 0.25) is 0 Å². The molecule has 2 nitrogen and oxygen atoms in total. The van der Waals surface area contributed by atoms with Crippen molar-refractivity contribution >= 4 is 0 Å². The Morgan fingerprint density at radius 1 is 1.33 bits per heavy atom. The highest BCUT2D eigenvalue weighted by atomic mass is 15.3. The largest absolute Gasteiger partial charge is 0.311 e. The van der Waals surface area contributed by atoms with E-state index < -0.39 is 0 Å². The highest BCUT2D eigenvalue weighted by Gasteiger charge is 2.38. The van der Waals surface area contributed by atoms with Gasteiger partial charge < -0.3 is 5.32 Å². The molecule has 1 saturated carbocycles. The zero-order chi connectivity index (χ0) is 7.97. The number of hydrogen-bond acceptors (Lipinski definition) is 2. The molecule has 2 atom stereocenters. The Morgan fingerprint density at radius 2 is 2.25 bits per heavy atom. The van der Waals surface area contributed by atoms with Gasteiger partial charge in [-0.05, 0) is 25.2 Å². The quantitative estimate of drug-likeness (QED) is 0.654. The van der Waals surface area contributed by atoms with Crippen LogP contribution in [-0.2, 0) is 0 Å². The Labute approximate surface area is 74.3 Å². The summed E-state index contributed by atoms with van der Waals surface area (Å²) in [5.74, 6) is 1.06. The van der Waals surface area contributed by atoms with E-state index in [1.807, 2.05) is 0 Å². The van der Waals surface area contributed by atoms with Crippen LogP contribution >= 0.6 is 0 Å². The molecule has 0 aromatic heterocycles. The van der Waals surface area contributed by atoms with Crippen LogP contribution in [0.1, 0.15) is 25.7 Å². The molecule has 3 rings (SSSR count). The normalized spacial score (nSPS) is 42.0. The van der Waals surface area contributed by atoms with E-state index in [-0.39, 0.29) is 0 Å². The van der Waals surface area contributed by atoms with Crippen LogP contribution in [0.25, 0.3) is 0 Å². The number of hydrogen-bond donors (Lipinski definition) is 1. The number of likely N-dealkylation sites (tertiary alicyclic amines) is 1. The molecule has 1 aliphatic carbocycles. The number of piperazine rings is 1. The van der Waals surface area contributed by atoms with Crippen molar-refractivity contribution in [3.05, 3.63) is 0 Å². The highest BCUT2D eigenvalue weighted by Crippen LogP contribution is 2.31. The molecule has 0 aromatic carbocycles. The molecule has 2 saturated heterocycles. The standard InChI is InChI=1S/C10H18N2/c1-2-8(3-1)6-12-7-9-4-10(12)5-11-9/h8-11H,1-7H2. The maximum atomic E-state index is 3.55. The predicted molar refractivity (Wildman–Crippen MR) is 49.1 cm³/mol. The highest BCUT2D eigenvalue weighted by molar-refractivity contribution is 4.98. The molecule has 0 aromatic rings. The fourth-order valence-corrected chi connectivity index (χ4v) is 2.88. The van der Waals surface area contributed by atoms with Gasteiger partial charge in [-0.2, -0.15) is 0 Å². The van der Waals surface area contributed by atoms with Gasteiger partial charge in [0.15, 0.2) is 0 Å². The molecule has 2 heterocycles. The van der Waals surface area contributed by atoms with Gasteiger partial charge in [0.1, 0.15) is 0 Å². The summed E-state index contributed by atoms with van der Waals surface area (Å²) in [6.45, 7) is 4.00. The fraction of sp³-hybridized carbons (Fsp3) is 1.00. The first kappa shape index (κ1) is 7.34. The lowest BCUT2D eigenvalue weighted by Crippen LogP contribution is -2.46. The summed E-state index contributed by atoms with van der Waals surface area (Å²) in [5, 5.41) is 3.55. The monoisotopic (exact) mass is 166 g/mol. The van der Waals surface area contributed by atoms with Gasteiger partial charge in [0.2, 0.25) is 0 Å². The second-order valence-electron chi connectivity index (χ2n) is 4.75. The molecule has 1 N–H and O–H groups in total. The Morgan fingerprint density at radius 3 is 2.75 bits per heavy atom. The van der Waals surface area contributed by atoms with Gasteiger partial charge in [0.05, 0.1) is 0 Å². The Bertz CT molecular complexity index is 177. The number of nitrogens with zero attached hydrogens (tertiary/aromatic N) is 1. The van der Waals surface area contributed by atoms with Crippen molar-refractivity contribution in [2.45, 2.75) is 37.8 Å². The molecule has 2 unspecified atom stereocenters. The van der Waals surface area contributed by atoms with Crippen molar-refractivity contribution in [3.8, 4) is 0 Å². The first-order valence-electron chi connectivity index (χ1n) is 5.39. The van der Waals surface area contributed by atoms with Crippen molar-refractivity contribution in [2.75, 3.05) is 19.6 Å². The minimum atomic E-state index is 0.843. The Kier molecular flexibility index (Phi) is 1.66. The average Bonchev–Trinajstić information content (AvgIpc) is 2.56. The fourth-order valence-electron chi connectivity index (χ4n) is 2.88. The van der Waals surface area contributed by atoms with Crippen LogP contribution in [0.15, 0.2) is 0 Å². The number of nitrogens with one attached hydrogen (secondary N) is 1. The second-order valence-corrected chi connectivity index (χ2v) is 4.75. The summed E-state index contributed by atoms with van der Waals surface area (Å²) in [6.07, 6.45) is 5.92. The van der Waals surface area contributed by atoms with Crippen molar-refractivity contribution in [1.82, 2.24) is 10.2 Å². The van der Waals surface area contributed by atoms with Gasteiger partial charge in [-0.15, -0.1) is 0 Å². The molecule has 3 aliphatic rings. The molecule has 2 bridgehead atoms. The van der Waals surface area contributed by atoms with E-state index in [0.717, 1.165) is 18.0 Å². The van der Waals surface area contributed by atoms with Crippen molar-refractivity contribution < 1.29 is 0 Å². The van der Waals surface area contributed by atoms with Gasteiger partial charge in [-0.1, -0.05) is 6.42 Å². The van der Waals surface area contributed by atoms with E-state index in [0.29, 0.717) is 0 Å². The second kappa shape index (κ2) is 2.71. The minimum Gasteiger partial charge on any atom is -0.311 e. The molecule has 2 heteroatoms. The van der Waals surface area contributed by atoms with Crippen LogP contribution in [0.3, 0.4) is 0 Å². The predicted octanol–water partition coefficient (Wildman–Crippen LogP) is 0.833. The van der Waals surface area contributed by atoms with Crippen molar-refractivity contribution in [3.63, 3.8) is 0 Å². The maximum Gasteiger partial charge on any atom is 0.0236 e. The van der Waals surface area contributed by atoms with Gasteiger partial charge in [0, 0.05) is 31.7 Å². The lowest BCUT2D eigenvalue weighted by molar-refractivity contribution is 0.152. The summed E-state index contributed by atoms with van der Waals surface area (Å²) >= 11 is 0. The van der Waals surface area contributed by atoms with Crippen LogP contribution in [-0.4, -0.2) is 36.6 Å². The first-order valence-corrected chi connectivity index (χ1v) is 5.39. The third-order valence-corrected chi connectivity index (χ3v) is 3.89. The average molecular weight is 166 g/mol. The molecule has 3 fully saturated rings. The molecule has 0 amide bonds. The van der Waals surface area contributed by atoms with Gasteiger partial charge in [-0.25, -0.2) is 0 Å². The summed E-state index contributed by atoms with van der Waals surface area (Å²) in [7, 11) is 0. The van der Waals surface area contributed by atoms with Crippen LogP contribution in [0.5, 0.6) is 0 Å². The molecule has 0 radical (unpaired) electrons. The van der Waals surface area contributed by atoms with E-state index in [2.05, 4.69) is 10.2 Å². The van der Waals surface area contributed by atoms with E-state index in [9.17, 15) is 0 Å². The Balaban J connectivity index is 1.56. The molecule has 0 spiro atoms. The molecule has 12 heavy (non-hydrogen) atoms. The van der Waals surface area contributed by atoms with E-state index in [1.54, 1.807) is 0 Å². The number of fused-ring (bicyclic) bond motifs is 2. The zero-order valence-corrected chi connectivity index (χ0v) is 7.63. The van der Waals surface area contributed by atoms with Crippen LogP contribution < -0.4 is 5.32 Å². The summed E-state index contributed by atoms with van der Waals surface area (Å²) < 4.78 is 0. The SMILES string of the molecule is C1CC(CN2CC3CC2CN3)C1. The Hall–Kier alpha value is -0.0800. The third kappa shape index (κ3) is 1.09. The zero-order valence-electron chi connectivity index (χ0n) is 7.63. The van der Waals surface area contributed by atoms with Crippen molar-refractivity contribution in [1.29, 1.82) is 0 Å². The van der Waals surface area contributed by atoms with Crippen LogP contribution in [0.4, 0.5) is 0 Å². The summed E-state index contributed by atoms with van der Waals surface area (Å²) in [4.78, 5) is 2.73. The lowest BCUT2D eigenvalue weighted by atomic mass is 9.85. The summed E-state index contributed by atoms with van der Waals surface area (Å²) in [5.41, 5.74) is 0. The van der Waals surface area contributed by atoms with E-state index >= 15 is 0 Å². The van der Waals surface area contributed by atoms with Gasteiger partial charge in [0.25, 0.3) is 0 Å². The van der Waals surface area contributed by atoms with Gasteiger partial charge in [-0.3, -0.25) is 4.90 Å². The number of rotatable bonds is 2. The molecule has 2 aliphatic heterocycles. The van der Waals surface area contributed by atoms with Crippen molar-refractivity contribution in [2.24, 2.45) is 5.92 Å². The lowest BCUT2D eigenvalue weighted by Gasteiger charge is -2.34. The van der Waals surface area contributed by atoms with E-state index in [1.165, 1.54) is 45.3 Å². The van der Waals surface area contributed by atoms with Gasteiger partial charge >= 0.3 is 0 Å². The summed E-state index contributed by atoms with van der Waals surface area (Å²) in [6, 6.07) is 1.74. The molecular weight excluding hydrogens is 148 g/mol. The first-order chi connectivity index (χ1) is 5.92. The smallest absolute Gasteiger partial charge is 0.0236 e. The van der Waals surface area contributed by atoms with Crippen LogP contribution in [0, 0.1) is 5.92 Å². The maximum absolute atomic E-state index is 3.55. The molecular formula is C10H18N2. The molecule has 68 valence electrons.